The summed E-state index contributed by atoms with van der Waals surface area (Å²) in [5.74, 6) is 0.203. The number of hydrogen-bond acceptors (Lipinski definition) is 3. The van der Waals surface area contributed by atoms with Gasteiger partial charge in [0.1, 0.15) is 0 Å². The Morgan fingerprint density at radius 3 is 2.10 bits per heavy atom. The molecule has 0 heterocycles. The van der Waals surface area contributed by atoms with Crippen LogP contribution in [-0.4, -0.2) is 19.9 Å². The van der Waals surface area contributed by atoms with E-state index in [0.29, 0.717) is 6.42 Å². The zero-order valence-electron chi connectivity index (χ0n) is 12.2. The van der Waals surface area contributed by atoms with Crippen LogP contribution in [0.15, 0.2) is 54.6 Å². The van der Waals surface area contributed by atoms with Gasteiger partial charge in [-0.2, -0.15) is 0 Å². The van der Waals surface area contributed by atoms with Crippen molar-refractivity contribution in [2.75, 3.05) is 11.5 Å². The van der Waals surface area contributed by atoms with Crippen molar-refractivity contribution in [3.63, 3.8) is 0 Å². The molecule has 2 aromatic rings. The molecule has 0 saturated carbocycles. The van der Waals surface area contributed by atoms with Crippen LogP contribution < -0.4 is 5.73 Å². The Morgan fingerprint density at radius 2 is 1.52 bits per heavy atom. The topological polar surface area (TPSA) is 60.2 Å². The highest BCUT2D eigenvalue weighted by Crippen LogP contribution is 2.21. The lowest BCUT2D eigenvalue weighted by Gasteiger charge is -2.13. The minimum absolute atomic E-state index is 0.00548. The SMILES string of the molecule is CCCS(=O)(=O)CC(N)c1ccc(-c2ccccc2)cc1. The average molecular weight is 303 g/mol. The smallest absolute Gasteiger partial charge is 0.152 e. The number of sulfone groups is 1. The standard InChI is InChI=1S/C17H21NO2S/c1-2-12-21(19,20)13-17(18)16-10-8-15(9-11-16)14-6-4-3-5-7-14/h3-11,17H,2,12-13,18H2,1H3. The largest absolute Gasteiger partial charge is 0.323 e. The van der Waals surface area contributed by atoms with Gasteiger partial charge in [0.05, 0.1) is 5.75 Å². The van der Waals surface area contributed by atoms with Crippen LogP contribution >= 0.6 is 0 Å². The van der Waals surface area contributed by atoms with Crippen molar-refractivity contribution in [3.05, 3.63) is 60.2 Å². The van der Waals surface area contributed by atoms with E-state index in [2.05, 4.69) is 0 Å². The lowest BCUT2D eigenvalue weighted by molar-refractivity contribution is 0.587. The molecular weight excluding hydrogens is 282 g/mol. The van der Waals surface area contributed by atoms with Crippen LogP contribution in [0.4, 0.5) is 0 Å². The summed E-state index contributed by atoms with van der Waals surface area (Å²) in [4.78, 5) is 0. The molecule has 1 unspecified atom stereocenters. The molecule has 0 aromatic heterocycles. The van der Waals surface area contributed by atoms with Gasteiger partial charge in [0.15, 0.2) is 9.84 Å². The lowest BCUT2D eigenvalue weighted by atomic mass is 10.0. The number of nitrogens with two attached hydrogens (primary N) is 1. The van der Waals surface area contributed by atoms with Gasteiger partial charge < -0.3 is 5.73 Å². The second-order valence-corrected chi connectivity index (χ2v) is 7.44. The predicted octanol–water partition coefficient (Wildman–Crippen LogP) is 3.18. The Morgan fingerprint density at radius 1 is 0.952 bits per heavy atom. The van der Waals surface area contributed by atoms with Gasteiger partial charge in [-0.15, -0.1) is 0 Å². The fourth-order valence-electron chi connectivity index (χ4n) is 2.32. The van der Waals surface area contributed by atoms with Crippen molar-refractivity contribution in [3.8, 4) is 11.1 Å². The van der Waals surface area contributed by atoms with Gasteiger partial charge in [-0.1, -0.05) is 61.5 Å². The summed E-state index contributed by atoms with van der Waals surface area (Å²) in [6, 6.07) is 17.4. The van der Waals surface area contributed by atoms with Gasteiger partial charge >= 0.3 is 0 Å². The molecule has 0 saturated heterocycles. The van der Waals surface area contributed by atoms with Gasteiger partial charge in [-0.05, 0) is 23.1 Å². The maximum atomic E-state index is 11.8. The highest BCUT2D eigenvalue weighted by molar-refractivity contribution is 7.91. The molecule has 1 atom stereocenters. The van der Waals surface area contributed by atoms with Crippen molar-refractivity contribution in [1.82, 2.24) is 0 Å². The third kappa shape index (κ3) is 4.41. The van der Waals surface area contributed by atoms with Gasteiger partial charge in [0, 0.05) is 11.8 Å². The minimum atomic E-state index is -3.07. The number of rotatable bonds is 6. The molecular formula is C17H21NO2S. The van der Waals surface area contributed by atoms with E-state index in [-0.39, 0.29) is 11.5 Å². The van der Waals surface area contributed by atoms with Gasteiger partial charge in [-0.25, -0.2) is 8.42 Å². The summed E-state index contributed by atoms with van der Waals surface area (Å²) >= 11 is 0. The summed E-state index contributed by atoms with van der Waals surface area (Å²) in [5.41, 5.74) is 9.11. The van der Waals surface area contributed by atoms with Crippen molar-refractivity contribution >= 4 is 9.84 Å². The molecule has 0 amide bonds. The van der Waals surface area contributed by atoms with Crippen molar-refractivity contribution in [1.29, 1.82) is 0 Å². The van der Waals surface area contributed by atoms with Crippen LogP contribution in [0.1, 0.15) is 24.9 Å². The number of benzene rings is 2. The summed E-state index contributed by atoms with van der Waals surface area (Å²) in [6.07, 6.45) is 0.627. The molecule has 112 valence electrons. The molecule has 0 aliphatic rings. The quantitative estimate of drug-likeness (QED) is 0.891. The summed E-state index contributed by atoms with van der Waals surface area (Å²) in [6.45, 7) is 1.86. The van der Waals surface area contributed by atoms with Crippen molar-refractivity contribution < 1.29 is 8.42 Å². The summed E-state index contributed by atoms with van der Waals surface area (Å²) in [7, 11) is -3.07. The molecule has 21 heavy (non-hydrogen) atoms. The fraction of sp³-hybridized carbons (Fsp3) is 0.294. The van der Waals surface area contributed by atoms with Crippen LogP contribution in [-0.2, 0) is 9.84 Å². The Kier molecular flexibility index (Phi) is 5.15. The summed E-state index contributed by atoms with van der Waals surface area (Å²) < 4.78 is 23.6. The van der Waals surface area contributed by atoms with E-state index in [9.17, 15) is 8.42 Å². The van der Waals surface area contributed by atoms with Gasteiger partial charge in [-0.3, -0.25) is 0 Å². The van der Waals surface area contributed by atoms with E-state index in [1.807, 2.05) is 61.5 Å². The van der Waals surface area contributed by atoms with Crippen molar-refractivity contribution in [2.45, 2.75) is 19.4 Å². The summed E-state index contributed by atoms with van der Waals surface area (Å²) in [5, 5.41) is 0. The van der Waals surface area contributed by atoms with Crippen molar-refractivity contribution in [2.24, 2.45) is 5.73 Å². The average Bonchev–Trinajstić information content (AvgIpc) is 2.48. The van der Waals surface area contributed by atoms with E-state index >= 15 is 0 Å². The molecule has 2 rings (SSSR count). The van der Waals surface area contributed by atoms with Gasteiger partial charge in [0.2, 0.25) is 0 Å². The Balaban J connectivity index is 2.12. The molecule has 0 bridgehead atoms. The molecule has 3 nitrogen and oxygen atoms in total. The lowest BCUT2D eigenvalue weighted by Crippen LogP contribution is -2.23. The third-order valence-electron chi connectivity index (χ3n) is 3.39. The molecule has 0 radical (unpaired) electrons. The monoisotopic (exact) mass is 303 g/mol. The van der Waals surface area contributed by atoms with Crippen LogP contribution in [0.25, 0.3) is 11.1 Å². The zero-order valence-corrected chi connectivity index (χ0v) is 13.0. The van der Waals surface area contributed by atoms with Crippen LogP contribution in [0.3, 0.4) is 0 Å². The van der Waals surface area contributed by atoms with E-state index in [4.69, 9.17) is 5.73 Å². The first kappa shape index (κ1) is 15.7. The van der Waals surface area contributed by atoms with E-state index in [0.717, 1.165) is 16.7 Å². The zero-order chi connectivity index (χ0) is 15.3. The van der Waals surface area contributed by atoms with E-state index in [1.54, 1.807) is 0 Å². The Bertz CT molecular complexity index is 664. The Hall–Kier alpha value is -1.65. The van der Waals surface area contributed by atoms with E-state index in [1.165, 1.54) is 0 Å². The highest BCUT2D eigenvalue weighted by Gasteiger charge is 2.16. The molecule has 2 N–H and O–H groups in total. The fourth-order valence-corrected chi connectivity index (χ4v) is 3.85. The first-order valence-electron chi connectivity index (χ1n) is 7.13. The third-order valence-corrected chi connectivity index (χ3v) is 5.29. The molecule has 0 aliphatic heterocycles. The second kappa shape index (κ2) is 6.87. The normalized spacial score (nSPS) is 13.0. The number of hydrogen-bond donors (Lipinski definition) is 1. The second-order valence-electron chi connectivity index (χ2n) is 5.21. The van der Waals surface area contributed by atoms with Crippen LogP contribution in [0, 0.1) is 0 Å². The maximum absolute atomic E-state index is 11.8. The van der Waals surface area contributed by atoms with Crippen LogP contribution in [0.5, 0.6) is 0 Å². The minimum Gasteiger partial charge on any atom is -0.323 e. The molecule has 4 heteroatoms. The van der Waals surface area contributed by atoms with E-state index < -0.39 is 15.9 Å². The highest BCUT2D eigenvalue weighted by atomic mass is 32.2. The maximum Gasteiger partial charge on any atom is 0.152 e. The van der Waals surface area contributed by atoms with Crippen LogP contribution in [0.2, 0.25) is 0 Å². The Labute approximate surface area is 126 Å². The first-order valence-corrected chi connectivity index (χ1v) is 8.95. The molecule has 0 spiro atoms. The molecule has 0 aliphatic carbocycles. The molecule has 2 aromatic carbocycles. The first-order chi connectivity index (χ1) is 10.0. The molecule has 0 fully saturated rings. The van der Waals surface area contributed by atoms with Gasteiger partial charge in [0.25, 0.3) is 0 Å². The predicted molar refractivity (Wildman–Crippen MR) is 87.8 cm³/mol.